The van der Waals surface area contributed by atoms with E-state index in [0.717, 1.165) is 25.2 Å². The molecule has 1 atom stereocenters. The topological polar surface area (TPSA) is 109 Å². The van der Waals surface area contributed by atoms with Gasteiger partial charge in [-0.3, -0.25) is 14.3 Å². The van der Waals surface area contributed by atoms with Gasteiger partial charge in [-0.15, -0.1) is 5.10 Å². The van der Waals surface area contributed by atoms with Crippen molar-refractivity contribution in [1.29, 1.82) is 0 Å². The van der Waals surface area contributed by atoms with Gasteiger partial charge in [-0.1, -0.05) is 11.6 Å². The standard InChI is InChI=1S/C18H25N7O2/c26-17-14-5-8-24(9-6-15(14)20-12-21-17)18(27)16-11-25(23-22-16)10-4-13-3-1-2-7-19-13/h11-13,19H,1-10H2,(H,20,21,26). The maximum atomic E-state index is 12.8. The van der Waals surface area contributed by atoms with Crippen LogP contribution in [0, 0.1) is 0 Å². The summed E-state index contributed by atoms with van der Waals surface area (Å²) in [7, 11) is 0. The minimum absolute atomic E-state index is 0.114. The molecule has 9 nitrogen and oxygen atoms in total. The summed E-state index contributed by atoms with van der Waals surface area (Å²) in [6.45, 7) is 2.85. The molecule has 1 saturated heterocycles. The molecule has 2 aromatic heterocycles. The molecule has 4 heterocycles. The van der Waals surface area contributed by atoms with E-state index in [1.54, 1.807) is 15.8 Å². The van der Waals surface area contributed by atoms with Gasteiger partial charge in [0.2, 0.25) is 0 Å². The van der Waals surface area contributed by atoms with E-state index < -0.39 is 0 Å². The zero-order valence-corrected chi connectivity index (χ0v) is 15.4. The van der Waals surface area contributed by atoms with E-state index in [0.29, 0.717) is 43.2 Å². The molecular formula is C18H25N7O2. The molecule has 2 N–H and O–H groups in total. The zero-order chi connectivity index (χ0) is 18.6. The van der Waals surface area contributed by atoms with Crippen LogP contribution in [0.3, 0.4) is 0 Å². The minimum atomic E-state index is -0.138. The first-order valence-electron chi connectivity index (χ1n) is 9.69. The summed E-state index contributed by atoms with van der Waals surface area (Å²) in [5.41, 5.74) is 1.70. The number of rotatable bonds is 4. The molecule has 0 radical (unpaired) electrons. The number of amides is 1. The Balaban J connectivity index is 1.36. The average Bonchev–Trinajstić information content (AvgIpc) is 3.06. The van der Waals surface area contributed by atoms with Crippen molar-refractivity contribution in [3.05, 3.63) is 39.8 Å². The van der Waals surface area contributed by atoms with E-state index in [4.69, 9.17) is 0 Å². The van der Waals surface area contributed by atoms with Crippen LogP contribution in [-0.4, -0.2) is 61.4 Å². The third-order valence-electron chi connectivity index (χ3n) is 5.45. The van der Waals surface area contributed by atoms with E-state index in [1.165, 1.54) is 25.6 Å². The molecule has 144 valence electrons. The van der Waals surface area contributed by atoms with E-state index in [-0.39, 0.29) is 11.5 Å². The van der Waals surface area contributed by atoms with Crippen LogP contribution in [0.1, 0.15) is 47.4 Å². The summed E-state index contributed by atoms with van der Waals surface area (Å²) in [5, 5.41) is 11.7. The van der Waals surface area contributed by atoms with Gasteiger partial charge in [0.05, 0.1) is 18.2 Å². The fourth-order valence-corrected chi connectivity index (χ4v) is 3.87. The number of carbonyl (C=O) groups excluding carboxylic acids is 1. The summed E-state index contributed by atoms with van der Waals surface area (Å²) in [6.07, 6.45) is 8.94. The molecule has 2 aliphatic heterocycles. The van der Waals surface area contributed by atoms with E-state index in [1.807, 2.05) is 0 Å². The van der Waals surface area contributed by atoms with Crippen LogP contribution in [0.2, 0.25) is 0 Å². The van der Waals surface area contributed by atoms with Gasteiger partial charge in [0, 0.05) is 37.7 Å². The van der Waals surface area contributed by atoms with Crippen LogP contribution < -0.4 is 10.9 Å². The van der Waals surface area contributed by atoms with Crippen LogP contribution in [0.15, 0.2) is 17.3 Å². The number of piperidine rings is 1. The van der Waals surface area contributed by atoms with Crippen molar-refractivity contribution in [2.45, 2.75) is 51.1 Å². The fourth-order valence-electron chi connectivity index (χ4n) is 3.87. The van der Waals surface area contributed by atoms with Crippen molar-refractivity contribution in [1.82, 2.24) is 35.2 Å². The number of hydrogen-bond acceptors (Lipinski definition) is 6. The number of aryl methyl sites for hydroxylation is 1. The number of nitrogens with zero attached hydrogens (tertiary/aromatic N) is 5. The Bertz CT molecular complexity index is 853. The second-order valence-electron chi connectivity index (χ2n) is 7.25. The maximum Gasteiger partial charge on any atom is 0.276 e. The third-order valence-corrected chi connectivity index (χ3v) is 5.45. The second-order valence-corrected chi connectivity index (χ2v) is 7.25. The Kier molecular flexibility index (Phi) is 5.28. The van der Waals surface area contributed by atoms with Crippen molar-refractivity contribution in [2.75, 3.05) is 19.6 Å². The van der Waals surface area contributed by atoms with Crippen molar-refractivity contribution >= 4 is 5.91 Å². The molecule has 9 heteroatoms. The average molecular weight is 371 g/mol. The molecule has 1 amide bonds. The molecule has 2 aliphatic rings. The summed E-state index contributed by atoms with van der Waals surface area (Å²) in [5.74, 6) is -0.138. The van der Waals surface area contributed by atoms with E-state index in [2.05, 4.69) is 25.6 Å². The monoisotopic (exact) mass is 371 g/mol. The molecule has 2 aromatic rings. The van der Waals surface area contributed by atoms with Crippen molar-refractivity contribution in [3.63, 3.8) is 0 Å². The quantitative estimate of drug-likeness (QED) is 0.791. The van der Waals surface area contributed by atoms with E-state index in [9.17, 15) is 9.59 Å². The highest BCUT2D eigenvalue weighted by molar-refractivity contribution is 5.92. The van der Waals surface area contributed by atoms with Gasteiger partial charge in [-0.25, -0.2) is 4.98 Å². The van der Waals surface area contributed by atoms with Gasteiger partial charge >= 0.3 is 0 Å². The Morgan fingerprint density at radius 1 is 1.26 bits per heavy atom. The SMILES string of the molecule is O=C(c1cn(CCC2CCCCN2)nn1)N1CCc2nc[nH]c(=O)c2CC1. The molecule has 1 unspecified atom stereocenters. The van der Waals surface area contributed by atoms with Gasteiger partial charge in [-0.2, -0.15) is 0 Å². The Hall–Kier alpha value is -2.55. The molecule has 27 heavy (non-hydrogen) atoms. The molecule has 0 saturated carbocycles. The van der Waals surface area contributed by atoms with Crippen molar-refractivity contribution in [2.24, 2.45) is 0 Å². The van der Waals surface area contributed by atoms with Crippen LogP contribution in [0.4, 0.5) is 0 Å². The fraction of sp³-hybridized carbons (Fsp3) is 0.611. The molecular weight excluding hydrogens is 346 g/mol. The van der Waals surface area contributed by atoms with Crippen molar-refractivity contribution in [3.8, 4) is 0 Å². The lowest BCUT2D eigenvalue weighted by Gasteiger charge is -2.23. The second kappa shape index (κ2) is 7.99. The van der Waals surface area contributed by atoms with Crippen molar-refractivity contribution < 1.29 is 4.79 Å². The lowest BCUT2D eigenvalue weighted by molar-refractivity contribution is 0.0757. The molecule has 0 aromatic carbocycles. The van der Waals surface area contributed by atoms with Gasteiger partial charge in [0.25, 0.3) is 11.5 Å². The number of H-pyrrole nitrogens is 1. The smallest absolute Gasteiger partial charge is 0.276 e. The van der Waals surface area contributed by atoms with Gasteiger partial charge < -0.3 is 15.2 Å². The van der Waals surface area contributed by atoms with E-state index >= 15 is 0 Å². The molecule has 1 fully saturated rings. The number of aromatic amines is 1. The largest absolute Gasteiger partial charge is 0.336 e. The third kappa shape index (κ3) is 4.08. The number of aromatic nitrogens is 5. The lowest BCUT2D eigenvalue weighted by atomic mass is 10.0. The molecule has 0 spiro atoms. The first-order chi connectivity index (χ1) is 13.2. The zero-order valence-electron chi connectivity index (χ0n) is 15.4. The number of hydrogen-bond donors (Lipinski definition) is 2. The number of nitrogens with one attached hydrogen (secondary N) is 2. The number of fused-ring (bicyclic) bond motifs is 1. The molecule has 0 bridgehead atoms. The van der Waals surface area contributed by atoms with Gasteiger partial charge in [-0.05, 0) is 32.2 Å². The van der Waals surface area contributed by atoms with Crippen LogP contribution in [-0.2, 0) is 19.4 Å². The molecule has 4 rings (SSSR count). The Morgan fingerprint density at radius 2 is 2.15 bits per heavy atom. The minimum Gasteiger partial charge on any atom is -0.336 e. The number of carbonyl (C=O) groups is 1. The summed E-state index contributed by atoms with van der Waals surface area (Å²) in [6, 6.07) is 0.525. The van der Waals surface area contributed by atoms with Crippen LogP contribution in [0.5, 0.6) is 0 Å². The lowest BCUT2D eigenvalue weighted by Crippen LogP contribution is -2.34. The van der Waals surface area contributed by atoms with Gasteiger partial charge in [0.1, 0.15) is 0 Å². The highest BCUT2D eigenvalue weighted by Crippen LogP contribution is 2.13. The highest BCUT2D eigenvalue weighted by Gasteiger charge is 2.24. The first kappa shape index (κ1) is 17.8. The highest BCUT2D eigenvalue weighted by atomic mass is 16.2. The Labute approximate surface area is 157 Å². The van der Waals surface area contributed by atoms with Crippen LogP contribution >= 0.6 is 0 Å². The maximum absolute atomic E-state index is 12.8. The predicted molar refractivity (Wildman–Crippen MR) is 98.4 cm³/mol. The molecule has 0 aliphatic carbocycles. The normalized spacial score (nSPS) is 20.1. The first-order valence-corrected chi connectivity index (χ1v) is 9.69. The Morgan fingerprint density at radius 3 is 3.00 bits per heavy atom. The van der Waals surface area contributed by atoms with Gasteiger partial charge in [0.15, 0.2) is 5.69 Å². The summed E-state index contributed by atoms with van der Waals surface area (Å²) >= 11 is 0. The van der Waals surface area contributed by atoms with Crippen LogP contribution in [0.25, 0.3) is 0 Å². The summed E-state index contributed by atoms with van der Waals surface area (Å²) in [4.78, 5) is 33.3. The summed E-state index contributed by atoms with van der Waals surface area (Å²) < 4.78 is 1.75. The predicted octanol–water partition coefficient (Wildman–Crippen LogP) is 0.135.